The first kappa shape index (κ1) is 9.83. The Morgan fingerprint density at radius 3 is 3.12 bits per heavy atom. The summed E-state index contributed by atoms with van der Waals surface area (Å²) in [5.41, 5.74) is 9.52. The standard InChI is InChI=1S/C13H15N3/c14-7-9-3-4-11-10(6-9)8-16-5-1-2-12(16)13(11)15/h3-4,6,12-13H,1-2,5,8,15H2/t12-,13?/m0/s1. The Morgan fingerprint density at radius 1 is 1.44 bits per heavy atom. The van der Waals surface area contributed by atoms with E-state index in [-0.39, 0.29) is 6.04 Å². The first-order valence-electron chi connectivity index (χ1n) is 5.82. The minimum absolute atomic E-state index is 0.124. The molecule has 1 fully saturated rings. The van der Waals surface area contributed by atoms with E-state index in [0.29, 0.717) is 6.04 Å². The van der Waals surface area contributed by atoms with Gasteiger partial charge in [0.15, 0.2) is 0 Å². The second-order valence-corrected chi connectivity index (χ2v) is 4.73. The second kappa shape index (κ2) is 3.58. The fourth-order valence-electron chi connectivity index (χ4n) is 3.02. The number of hydrogen-bond donors (Lipinski definition) is 1. The van der Waals surface area contributed by atoms with Crippen LogP contribution in [0.1, 0.15) is 35.6 Å². The van der Waals surface area contributed by atoms with Gasteiger partial charge in [0.2, 0.25) is 0 Å². The zero-order chi connectivity index (χ0) is 11.1. The van der Waals surface area contributed by atoms with E-state index in [9.17, 15) is 0 Å². The van der Waals surface area contributed by atoms with Gasteiger partial charge in [0.25, 0.3) is 0 Å². The third-order valence-corrected chi connectivity index (χ3v) is 3.83. The molecule has 0 bridgehead atoms. The number of nitrogens with zero attached hydrogens (tertiary/aromatic N) is 2. The maximum Gasteiger partial charge on any atom is 0.0991 e. The van der Waals surface area contributed by atoms with Gasteiger partial charge in [-0.15, -0.1) is 0 Å². The van der Waals surface area contributed by atoms with Crippen molar-refractivity contribution in [1.29, 1.82) is 5.26 Å². The molecule has 2 N–H and O–H groups in total. The molecule has 0 saturated carbocycles. The maximum atomic E-state index is 8.90. The quantitative estimate of drug-likeness (QED) is 0.711. The molecule has 1 unspecified atom stereocenters. The first-order chi connectivity index (χ1) is 7.79. The summed E-state index contributed by atoms with van der Waals surface area (Å²) >= 11 is 0. The Hall–Kier alpha value is -1.37. The Bertz CT molecular complexity index is 461. The maximum absolute atomic E-state index is 8.90. The normalized spacial score (nSPS) is 28.2. The van der Waals surface area contributed by atoms with E-state index in [2.05, 4.69) is 11.0 Å². The van der Waals surface area contributed by atoms with Crippen molar-refractivity contribution in [1.82, 2.24) is 4.90 Å². The van der Waals surface area contributed by atoms with Crippen LogP contribution < -0.4 is 5.73 Å². The summed E-state index contributed by atoms with van der Waals surface area (Å²) in [6.07, 6.45) is 2.46. The molecule has 0 aromatic heterocycles. The van der Waals surface area contributed by atoms with Crippen molar-refractivity contribution in [3.8, 4) is 6.07 Å². The summed E-state index contributed by atoms with van der Waals surface area (Å²) in [5.74, 6) is 0. The lowest BCUT2D eigenvalue weighted by Gasteiger charge is -2.36. The van der Waals surface area contributed by atoms with Crippen LogP contribution in [-0.2, 0) is 6.54 Å². The van der Waals surface area contributed by atoms with Gasteiger partial charge in [-0.25, -0.2) is 0 Å². The van der Waals surface area contributed by atoms with Gasteiger partial charge in [0.1, 0.15) is 0 Å². The smallest absolute Gasteiger partial charge is 0.0991 e. The SMILES string of the molecule is N#Cc1ccc2c(c1)CN1CCC[C@H]1C2N. The molecule has 2 aliphatic heterocycles. The average Bonchev–Trinajstić information content (AvgIpc) is 2.77. The van der Waals surface area contributed by atoms with Crippen LogP contribution in [-0.4, -0.2) is 17.5 Å². The molecule has 2 atom stereocenters. The number of nitrogens with two attached hydrogens (primary N) is 1. The van der Waals surface area contributed by atoms with Crippen molar-refractivity contribution < 1.29 is 0 Å². The summed E-state index contributed by atoms with van der Waals surface area (Å²) in [4.78, 5) is 2.45. The average molecular weight is 213 g/mol. The van der Waals surface area contributed by atoms with Gasteiger partial charge >= 0.3 is 0 Å². The molecule has 3 rings (SSSR count). The molecule has 0 spiro atoms. The lowest BCUT2D eigenvalue weighted by atomic mass is 9.89. The topological polar surface area (TPSA) is 53.0 Å². The third-order valence-electron chi connectivity index (χ3n) is 3.83. The van der Waals surface area contributed by atoms with Crippen LogP contribution in [0.15, 0.2) is 18.2 Å². The van der Waals surface area contributed by atoms with Gasteiger partial charge in [-0.1, -0.05) is 6.07 Å². The fourth-order valence-corrected chi connectivity index (χ4v) is 3.02. The van der Waals surface area contributed by atoms with E-state index in [4.69, 9.17) is 11.0 Å². The monoisotopic (exact) mass is 213 g/mol. The lowest BCUT2D eigenvalue weighted by Crippen LogP contribution is -2.42. The van der Waals surface area contributed by atoms with Crippen LogP contribution >= 0.6 is 0 Å². The van der Waals surface area contributed by atoms with Crippen LogP contribution in [0.5, 0.6) is 0 Å². The van der Waals surface area contributed by atoms with E-state index in [1.165, 1.54) is 24.0 Å². The second-order valence-electron chi connectivity index (χ2n) is 4.73. The highest BCUT2D eigenvalue weighted by molar-refractivity contribution is 5.41. The van der Waals surface area contributed by atoms with E-state index >= 15 is 0 Å². The highest BCUT2D eigenvalue weighted by atomic mass is 15.2. The van der Waals surface area contributed by atoms with Crippen molar-refractivity contribution in [3.05, 3.63) is 34.9 Å². The van der Waals surface area contributed by atoms with Crippen molar-refractivity contribution in [3.63, 3.8) is 0 Å². The summed E-state index contributed by atoms with van der Waals surface area (Å²) in [6, 6.07) is 8.73. The molecule has 0 aliphatic carbocycles. The number of nitriles is 1. The van der Waals surface area contributed by atoms with Gasteiger partial charge in [-0.3, -0.25) is 4.90 Å². The molecule has 16 heavy (non-hydrogen) atoms. The zero-order valence-corrected chi connectivity index (χ0v) is 9.19. The third kappa shape index (κ3) is 1.35. The molecular formula is C13H15N3. The number of benzene rings is 1. The van der Waals surface area contributed by atoms with Crippen LogP contribution in [0.2, 0.25) is 0 Å². The highest BCUT2D eigenvalue weighted by Crippen LogP contribution is 2.36. The number of rotatable bonds is 0. The first-order valence-corrected chi connectivity index (χ1v) is 5.82. The highest BCUT2D eigenvalue weighted by Gasteiger charge is 2.35. The van der Waals surface area contributed by atoms with Gasteiger partial charge in [0, 0.05) is 18.6 Å². The van der Waals surface area contributed by atoms with Gasteiger partial charge < -0.3 is 5.73 Å². The minimum atomic E-state index is 0.124. The minimum Gasteiger partial charge on any atom is -0.323 e. The fraction of sp³-hybridized carbons (Fsp3) is 0.462. The predicted octanol–water partition coefficient (Wildman–Crippen LogP) is 1.54. The van der Waals surface area contributed by atoms with E-state index in [0.717, 1.165) is 18.7 Å². The Balaban J connectivity index is 2.04. The van der Waals surface area contributed by atoms with Crippen molar-refractivity contribution in [2.75, 3.05) is 6.54 Å². The Kier molecular flexibility index (Phi) is 2.20. The largest absolute Gasteiger partial charge is 0.323 e. The molecule has 1 aromatic carbocycles. The van der Waals surface area contributed by atoms with Gasteiger partial charge in [-0.2, -0.15) is 5.26 Å². The summed E-state index contributed by atoms with van der Waals surface area (Å²) < 4.78 is 0. The van der Waals surface area contributed by atoms with Crippen LogP contribution in [0.3, 0.4) is 0 Å². The van der Waals surface area contributed by atoms with Crippen LogP contribution in [0, 0.1) is 11.3 Å². The summed E-state index contributed by atoms with van der Waals surface area (Å²) in [7, 11) is 0. The van der Waals surface area contributed by atoms with Crippen molar-refractivity contribution in [2.45, 2.75) is 31.5 Å². The Labute approximate surface area is 95.5 Å². The van der Waals surface area contributed by atoms with Crippen molar-refractivity contribution in [2.24, 2.45) is 5.73 Å². The molecule has 2 heterocycles. The number of fused-ring (bicyclic) bond motifs is 2. The van der Waals surface area contributed by atoms with Crippen molar-refractivity contribution >= 4 is 0 Å². The van der Waals surface area contributed by atoms with Crippen LogP contribution in [0.25, 0.3) is 0 Å². The molecule has 1 aromatic rings. The molecule has 82 valence electrons. The molecule has 0 amide bonds. The number of hydrogen-bond acceptors (Lipinski definition) is 3. The predicted molar refractivity (Wildman–Crippen MR) is 61.5 cm³/mol. The zero-order valence-electron chi connectivity index (χ0n) is 9.19. The van der Waals surface area contributed by atoms with Gasteiger partial charge in [-0.05, 0) is 42.6 Å². The molecule has 0 radical (unpaired) electrons. The summed E-state index contributed by atoms with van der Waals surface area (Å²) in [6.45, 7) is 2.11. The van der Waals surface area contributed by atoms with Gasteiger partial charge in [0.05, 0.1) is 11.6 Å². The molecule has 3 heteroatoms. The molecule has 1 saturated heterocycles. The lowest BCUT2D eigenvalue weighted by molar-refractivity contribution is 0.197. The van der Waals surface area contributed by atoms with Crippen LogP contribution in [0.4, 0.5) is 0 Å². The molecule has 2 aliphatic rings. The molecule has 3 nitrogen and oxygen atoms in total. The van der Waals surface area contributed by atoms with E-state index < -0.39 is 0 Å². The van der Waals surface area contributed by atoms with E-state index in [1.807, 2.05) is 18.2 Å². The molecular weight excluding hydrogens is 198 g/mol. The van der Waals surface area contributed by atoms with E-state index in [1.54, 1.807) is 0 Å². The Morgan fingerprint density at radius 2 is 2.31 bits per heavy atom. The summed E-state index contributed by atoms with van der Waals surface area (Å²) in [5, 5.41) is 8.90.